The van der Waals surface area contributed by atoms with Crippen LogP contribution in [0.3, 0.4) is 0 Å². The molecule has 100 valence electrons. The minimum Gasteiger partial charge on any atom is -0.381 e. The largest absolute Gasteiger partial charge is 0.381 e. The van der Waals surface area contributed by atoms with Gasteiger partial charge in [0.2, 0.25) is 0 Å². The summed E-state index contributed by atoms with van der Waals surface area (Å²) in [7, 11) is -2.85. The normalized spacial score (nSPS) is 19.7. The lowest BCUT2D eigenvalue weighted by Crippen LogP contribution is -2.32. The zero-order valence-corrected chi connectivity index (χ0v) is 12.5. The van der Waals surface area contributed by atoms with Crippen molar-refractivity contribution in [3.05, 3.63) is 27.2 Å². The maximum Gasteiger partial charge on any atom is 0.150 e. The van der Waals surface area contributed by atoms with Gasteiger partial charge in [-0.1, -0.05) is 34.8 Å². The smallest absolute Gasteiger partial charge is 0.150 e. The molecule has 1 aromatic rings. The molecule has 0 aromatic heterocycles. The van der Waals surface area contributed by atoms with Crippen LogP contribution in [0.15, 0.2) is 12.1 Å². The third-order valence-electron chi connectivity index (χ3n) is 2.92. The molecule has 0 atom stereocenters. The third kappa shape index (κ3) is 3.44. The second kappa shape index (κ2) is 5.45. The summed E-state index contributed by atoms with van der Waals surface area (Å²) in [6.45, 7) is 0. The molecule has 0 radical (unpaired) electrons. The minimum atomic E-state index is -2.85. The van der Waals surface area contributed by atoms with E-state index in [2.05, 4.69) is 5.32 Å². The van der Waals surface area contributed by atoms with Crippen molar-refractivity contribution in [3.8, 4) is 0 Å². The van der Waals surface area contributed by atoms with E-state index in [4.69, 9.17) is 34.8 Å². The summed E-state index contributed by atoms with van der Waals surface area (Å²) in [6.07, 6.45) is 1.16. The summed E-state index contributed by atoms with van der Waals surface area (Å²) in [5.74, 6) is 0.424. The van der Waals surface area contributed by atoms with Gasteiger partial charge in [-0.2, -0.15) is 0 Å². The molecule has 1 aliphatic rings. The molecule has 0 spiro atoms. The Kier molecular flexibility index (Phi) is 4.32. The molecule has 1 N–H and O–H groups in total. The number of halogens is 3. The lowest BCUT2D eigenvalue weighted by Gasteiger charge is -2.24. The van der Waals surface area contributed by atoms with Gasteiger partial charge in [-0.3, -0.25) is 0 Å². The highest BCUT2D eigenvalue weighted by molar-refractivity contribution is 7.91. The standard InChI is InChI=1S/C11H12Cl3NO2S/c12-8-5-10(14)11(6-9(8)13)15-7-1-3-18(16,17)4-2-7/h5-7,15H,1-4H2. The molecule has 2 rings (SSSR count). The molecule has 0 saturated carbocycles. The van der Waals surface area contributed by atoms with Gasteiger partial charge < -0.3 is 5.32 Å². The van der Waals surface area contributed by atoms with Crippen LogP contribution in [0.25, 0.3) is 0 Å². The first-order valence-corrected chi connectivity index (χ1v) is 8.44. The minimum absolute atomic E-state index is 0.100. The highest BCUT2D eigenvalue weighted by Gasteiger charge is 2.24. The van der Waals surface area contributed by atoms with Crippen molar-refractivity contribution in [1.29, 1.82) is 0 Å². The Balaban J connectivity index is 2.09. The van der Waals surface area contributed by atoms with E-state index in [0.29, 0.717) is 33.6 Å². The maximum absolute atomic E-state index is 11.3. The lowest BCUT2D eigenvalue weighted by atomic mass is 10.1. The molecule has 3 nitrogen and oxygen atoms in total. The Morgan fingerprint density at radius 1 is 1.00 bits per heavy atom. The summed E-state index contributed by atoms with van der Waals surface area (Å²) < 4.78 is 22.6. The van der Waals surface area contributed by atoms with E-state index < -0.39 is 9.84 Å². The molecule has 1 aromatic carbocycles. The molecular weight excluding hydrogens is 317 g/mol. The number of sulfone groups is 1. The van der Waals surface area contributed by atoms with E-state index in [0.717, 1.165) is 0 Å². The number of rotatable bonds is 2. The van der Waals surface area contributed by atoms with Gasteiger partial charge in [0.15, 0.2) is 0 Å². The molecule has 18 heavy (non-hydrogen) atoms. The van der Waals surface area contributed by atoms with E-state index >= 15 is 0 Å². The van der Waals surface area contributed by atoms with Crippen molar-refractivity contribution in [2.75, 3.05) is 16.8 Å². The van der Waals surface area contributed by atoms with Crippen LogP contribution in [0.2, 0.25) is 15.1 Å². The Hall–Kier alpha value is -0.160. The van der Waals surface area contributed by atoms with Crippen LogP contribution in [0, 0.1) is 0 Å². The summed E-state index contributed by atoms with van der Waals surface area (Å²) in [4.78, 5) is 0. The summed E-state index contributed by atoms with van der Waals surface area (Å²) in [5, 5.41) is 4.52. The van der Waals surface area contributed by atoms with Gasteiger partial charge >= 0.3 is 0 Å². The molecule has 1 saturated heterocycles. The SMILES string of the molecule is O=S1(=O)CCC(Nc2cc(Cl)c(Cl)cc2Cl)CC1. The van der Waals surface area contributed by atoms with Gasteiger partial charge in [0.05, 0.1) is 32.3 Å². The van der Waals surface area contributed by atoms with Crippen molar-refractivity contribution >= 4 is 50.3 Å². The average Bonchev–Trinajstić information content (AvgIpc) is 2.28. The number of nitrogens with one attached hydrogen (secondary N) is 1. The summed E-state index contributed by atoms with van der Waals surface area (Å²) >= 11 is 17.8. The molecule has 0 bridgehead atoms. The predicted octanol–water partition coefficient (Wildman–Crippen LogP) is 3.64. The molecule has 0 amide bonds. The van der Waals surface area contributed by atoms with Crippen LogP contribution < -0.4 is 5.32 Å². The van der Waals surface area contributed by atoms with Crippen molar-refractivity contribution < 1.29 is 8.42 Å². The summed E-state index contributed by atoms with van der Waals surface area (Å²) in [6, 6.07) is 3.34. The summed E-state index contributed by atoms with van der Waals surface area (Å²) in [5.41, 5.74) is 0.690. The molecule has 0 unspecified atom stereocenters. The second-order valence-electron chi connectivity index (χ2n) is 4.32. The predicted molar refractivity (Wildman–Crippen MR) is 76.8 cm³/mol. The van der Waals surface area contributed by atoms with Crippen LogP contribution in [-0.4, -0.2) is 26.0 Å². The Bertz CT molecular complexity index is 546. The third-order valence-corrected chi connectivity index (χ3v) is 5.67. The number of hydrogen-bond donors (Lipinski definition) is 1. The quantitative estimate of drug-likeness (QED) is 0.843. The van der Waals surface area contributed by atoms with Crippen LogP contribution in [-0.2, 0) is 9.84 Å². The van der Waals surface area contributed by atoms with E-state index in [1.165, 1.54) is 0 Å². The Morgan fingerprint density at radius 3 is 2.17 bits per heavy atom. The first-order chi connectivity index (χ1) is 8.37. The zero-order chi connectivity index (χ0) is 13.3. The van der Waals surface area contributed by atoms with E-state index in [1.807, 2.05) is 0 Å². The molecule has 7 heteroatoms. The van der Waals surface area contributed by atoms with Crippen LogP contribution in [0.5, 0.6) is 0 Å². The topological polar surface area (TPSA) is 46.2 Å². The fourth-order valence-corrected chi connectivity index (χ4v) is 3.98. The first kappa shape index (κ1) is 14.3. The maximum atomic E-state index is 11.3. The lowest BCUT2D eigenvalue weighted by molar-refractivity contribution is 0.559. The van der Waals surface area contributed by atoms with Gasteiger partial charge in [0, 0.05) is 6.04 Å². The average molecular weight is 329 g/mol. The molecule has 1 heterocycles. The van der Waals surface area contributed by atoms with Crippen molar-refractivity contribution in [2.24, 2.45) is 0 Å². The van der Waals surface area contributed by atoms with Crippen molar-refractivity contribution in [3.63, 3.8) is 0 Å². The Morgan fingerprint density at radius 2 is 1.56 bits per heavy atom. The zero-order valence-electron chi connectivity index (χ0n) is 9.42. The molecule has 1 aliphatic heterocycles. The van der Waals surface area contributed by atoms with Gasteiger partial charge in [0.25, 0.3) is 0 Å². The van der Waals surface area contributed by atoms with Gasteiger partial charge in [-0.25, -0.2) is 8.42 Å². The number of benzene rings is 1. The van der Waals surface area contributed by atoms with E-state index in [-0.39, 0.29) is 17.5 Å². The van der Waals surface area contributed by atoms with E-state index in [1.54, 1.807) is 12.1 Å². The monoisotopic (exact) mass is 327 g/mol. The van der Waals surface area contributed by atoms with Gasteiger partial charge in [-0.05, 0) is 25.0 Å². The van der Waals surface area contributed by atoms with Gasteiger partial charge in [0.1, 0.15) is 9.84 Å². The molecular formula is C11H12Cl3NO2S. The fraction of sp³-hybridized carbons (Fsp3) is 0.455. The van der Waals surface area contributed by atoms with E-state index in [9.17, 15) is 8.42 Å². The fourth-order valence-electron chi connectivity index (χ4n) is 1.89. The highest BCUT2D eigenvalue weighted by atomic mass is 35.5. The van der Waals surface area contributed by atoms with Crippen molar-refractivity contribution in [1.82, 2.24) is 0 Å². The molecule has 1 fully saturated rings. The first-order valence-electron chi connectivity index (χ1n) is 5.49. The molecule has 0 aliphatic carbocycles. The van der Waals surface area contributed by atoms with Crippen molar-refractivity contribution in [2.45, 2.75) is 18.9 Å². The van der Waals surface area contributed by atoms with Crippen LogP contribution in [0.4, 0.5) is 5.69 Å². The number of anilines is 1. The number of hydrogen-bond acceptors (Lipinski definition) is 3. The second-order valence-corrected chi connectivity index (χ2v) is 7.84. The highest BCUT2D eigenvalue weighted by Crippen LogP contribution is 2.33. The van der Waals surface area contributed by atoms with Crippen LogP contribution >= 0.6 is 34.8 Å². The van der Waals surface area contributed by atoms with Gasteiger partial charge in [-0.15, -0.1) is 0 Å². The van der Waals surface area contributed by atoms with Crippen LogP contribution in [0.1, 0.15) is 12.8 Å². The Labute approximate surface area is 121 Å².